The molecule has 0 aliphatic heterocycles. The van der Waals surface area contributed by atoms with Crippen molar-refractivity contribution in [2.75, 3.05) is 0 Å². The summed E-state index contributed by atoms with van der Waals surface area (Å²) >= 11 is 4.86. The van der Waals surface area contributed by atoms with Crippen LogP contribution in [0.3, 0.4) is 0 Å². The van der Waals surface area contributed by atoms with E-state index in [4.69, 9.17) is 18.0 Å². The number of nitrogens with two attached hydrogens (primary N) is 1. The first-order valence-corrected chi connectivity index (χ1v) is 6.86. The van der Waals surface area contributed by atoms with Crippen LogP contribution in [0, 0.1) is 19.8 Å². The van der Waals surface area contributed by atoms with E-state index in [9.17, 15) is 13.2 Å². The lowest BCUT2D eigenvalue weighted by Gasteiger charge is -2.15. The van der Waals surface area contributed by atoms with Gasteiger partial charge in [0, 0.05) is 12.5 Å². The summed E-state index contributed by atoms with van der Waals surface area (Å²) in [7, 11) is 0. The van der Waals surface area contributed by atoms with Crippen LogP contribution in [0.25, 0.3) is 11.0 Å². The van der Waals surface area contributed by atoms with Crippen LogP contribution in [0.15, 0.2) is 12.1 Å². The number of benzene rings is 1. The van der Waals surface area contributed by atoms with E-state index in [1.807, 2.05) is 13.8 Å². The van der Waals surface area contributed by atoms with Gasteiger partial charge in [-0.05, 0) is 37.1 Å². The molecule has 1 aromatic heterocycles. The number of hydrogen-bond acceptors (Lipinski definition) is 2. The van der Waals surface area contributed by atoms with E-state index >= 15 is 0 Å². The Balaban J connectivity index is 2.68. The number of imidazole rings is 1. The zero-order chi connectivity index (χ0) is 15.9. The van der Waals surface area contributed by atoms with E-state index in [-0.39, 0.29) is 17.5 Å². The number of thiocarbonyl (C=S) groups is 1. The van der Waals surface area contributed by atoms with Gasteiger partial charge >= 0.3 is 6.18 Å². The van der Waals surface area contributed by atoms with Crippen molar-refractivity contribution in [3.63, 3.8) is 0 Å². The first-order valence-electron chi connectivity index (χ1n) is 6.45. The van der Waals surface area contributed by atoms with Crippen LogP contribution >= 0.6 is 12.2 Å². The number of fused-ring (bicyclic) bond motifs is 1. The second-order valence-electron chi connectivity index (χ2n) is 5.27. The number of alkyl halides is 3. The lowest BCUT2D eigenvalue weighted by atomic mass is 10.1. The Morgan fingerprint density at radius 2 is 1.90 bits per heavy atom. The van der Waals surface area contributed by atoms with Gasteiger partial charge in [0.05, 0.1) is 16.0 Å². The third-order valence-corrected chi connectivity index (χ3v) is 3.96. The number of halogens is 3. The standard InChI is InChI=1S/C14H16F3N3S/c1-7-4-10-11(5-8(7)2)20(6-9(3)12(18)21)13(19-10)14(15,16)17/h4-5,9H,6H2,1-3H3,(H2,18,21). The maximum atomic E-state index is 13.2. The molecule has 0 amide bonds. The number of aryl methyl sites for hydroxylation is 2. The SMILES string of the molecule is Cc1cc2nc(C(F)(F)F)n(CC(C)C(N)=S)c2cc1C. The minimum atomic E-state index is -4.52. The fourth-order valence-corrected chi connectivity index (χ4v) is 2.22. The van der Waals surface area contributed by atoms with Gasteiger partial charge < -0.3 is 10.3 Å². The van der Waals surface area contributed by atoms with E-state index in [2.05, 4.69) is 4.98 Å². The molecular formula is C14H16F3N3S. The van der Waals surface area contributed by atoms with Crippen LogP contribution in [0.4, 0.5) is 13.2 Å². The van der Waals surface area contributed by atoms with Crippen molar-refractivity contribution in [1.29, 1.82) is 0 Å². The highest BCUT2D eigenvalue weighted by atomic mass is 32.1. The molecule has 3 nitrogen and oxygen atoms in total. The molecule has 114 valence electrons. The third-order valence-electron chi connectivity index (χ3n) is 3.56. The van der Waals surface area contributed by atoms with Gasteiger partial charge in [-0.1, -0.05) is 19.1 Å². The summed E-state index contributed by atoms with van der Waals surface area (Å²) in [4.78, 5) is 3.94. The van der Waals surface area contributed by atoms with Crippen molar-refractivity contribution >= 4 is 28.2 Å². The van der Waals surface area contributed by atoms with Gasteiger partial charge in [-0.25, -0.2) is 4.98 Å². The molecule has 2 aromatic rings. The zero-order valence-corrected chi connectivity index (χ0v) is 12.8. The topological polar surface area (TPSA) is 43.8 Å². The van der Waals surface area contributed by atoms with Crippen LogP contribution < -0.4 is 5.73 Å². The van der Waals surface area contributed by atoms with E-state index < -0.39 is 12.0 Å². The highest BCUT2D eigenvalue weighted by molar-refractivity contribution is 7.80. The largest absolute Gasteiger partial charge is 0.449 e. The molecule has 1 unspecified atom stereocenters. The van der Waals surface area contributed by atoms with Crippen molar-refractivity contribution in [1.82, 2.24) is 9.55 Å². The first kappa shape index (κ1) is 15.8. The summed E-state index contributed by atoms with van der Waals surface area (Å²) in [6, 6.07) is 3.39. The summed E-state index contributed by atoms with van der Waals surface area (Å²) in [5.74, 6) is -1.26. The molecule has 21 heavy (non-hydrogen) atoms. The molecule has 0 aliphatic carbocycles. The Morgan fingerprint density at radius 1 is 1.33 bits per heavy atom. The van der Waals surface area contributed by atoms with Gasteiger partial charge in [0.15, 0.2) is 0 Å². The summed E-state index contributed by atoms with van der Waals surface area (Å²) < 4.78 is 40.7. The first-order chi connectivity index (χ1) is 9.61. The molecular weight excluding hydrogens is 299 g/mol. The van der Waals surface area contributed by atoms with Crippen LogP contribution in [-0.2, 0) is 12.7 Å². The summed E-state index contributed by atoms with van der Waals surface area (Å²) in [6.45, 7) is 5.47. The van der Waals surface area contributed by atoms with Crippen molar-refractivity contribution < 1.29 is 13.2 Å². The number of aromatic nitrogens is 2. The Bertz CT molecular complexity index is 704. The zero-order valence-electron chi connectivity index (χ0n) is 12.0. The van der Waals surface area contributed by atoms with Crippen LogP contribution in [0.5, 0.6) is 0 Å². The maximum Gasteiger partial charge on any atom is 0.449 e. The van der Waals surface area contributed by atoms with Crippen molar-refractivity contribution in [2.24, 2.45) is 11.7 Å². The molecule has 0 fully saturated rings. The van der Waals surface area contributed by atoms with Crippen molar-refractivity contribution in [3.05, 3.63) is 29.1 Å². The molecule has 0 saturated heterocycles. The quantitative estimate of drug-likeness (QED) is 0.880. The number of hydrogen-bond donors (Lipinski definition) is 1. The summed E-state index contributed by atoms with van der Waals surface area (Å²) in [5.41, 5.74) is 8.14. The number of nitrogens with zero attached hydrogens (tertiary/aromatic N) is 2. The van der Waals surface area contributed by atoms with Crippen molar-refractivity contribution in [2.45, 2.75) is 33.5 Å². The van der Waals surface area contributed by atoms with Gasteiger partial charge in [0.1, 0.15) is 0 Å². The van der Waals surface area contributed by atoms with E-state index in [1.54, 1.807) is 19.1 Å². The molecule has 2 N–H and O–H groups in total. The van der Waals surface area contributed by atoms with Crippen LogP contribution in [-0.4, -0.2) is 14.5 Å². The molecule has 0 spiro atoms. The molecule has 0 saturated carbocycles. The fraction of sp³-hybridized carbons (Fsp3) is 0.429. The van der Waals surface area contributed by atoms with E-state index in [0.29, 0.717) is 11.0 Å². The average molecular weight is 315 g/mol. The van der Waals surface area contributed by atoms with Gasteiger partial charge in [0.25, 0.3) is 0 Å². The summed E-state index contributed by atoms with van der Waals surface area (Å²) in [5, 5.41) is 0. The Hall–Kier alpha value is -1.63. The Labute approximate surface area is 126 Å². The molecule has 2 rings (SSSR count). The second-order valence-corrected chi connectivity index (χ2v) is 5.74. The fourth-order valence-electron chi connectivity index (χ4n) is 2.15. The molecule has 0 bridgehead atoms. The van der Waals surface area contributed by atoms with Gasteiger partial charge in [0.2, 0.25) is 5.82 Å². The molecule has 0 aliphatic rings. The van der Waals surface area contributed by atoms with Crippen LogP contribution in [0.2, 0.25) is 0 Å². The minimum Gasteiger partial charge on any atom is -0.393 e. The predicted octanol–water partition coefficient (Wildman–Crippen LogP) is 3.59. The monoisotopic (exact) mass is 315 g/mol. The van der Waals surface area contributed by atoms with Gasteiger partial charge in [-0.15, -0.1) is 0 Å². The van der Waals surface area contributed by atoms with E-state index in [0.717, 1.165) is 15.7 Å². The van der Waals surface area contributed by atoms with Gasteiger partial charge in [-0.3, -0.25) is 0 Å². The normalized spacial score (nSPS) is 13.6. The van der Waals surface area contributed by atoms with Crippen molar-refractivity contribution in [3.8, 4) is 0 Å². The highest BCUT2D eigenvalue weighted by Gasteiger charge is 2.38. The average Bonchev–Trinajstić information content (AvgIpc) is 2.68. The van der Waals surface area contributed by atoms with E-state index in [1.165, 1.54) is 0 Å². The Kier molecular flexibility index (Phi) is 3.97. The molecule has 1 atom stereocenters. The molecule has 1 aromatic carbocycles. The molecule has 7 heteroatoms. The number of rotatable bonds is 3. The Morgan fingerprint density at radius 3 is 2.43 bits per heavy atom. The molecule has 1 heterocycles. The lowest BCUT2D eigenvalue weighted by molar-refractivity contribution is -0.147. The van der Waals surface area contributed by atoms with Crippen LogP contribution in [0.1, 0.15) is 23.9 Å². The smallest absolute Gasteiger partial charge is 0.393 e. The minimum absolute atomic E-state index is 0.0587. The highest BCUT2D eigenvalue weighted by Crippen LogP contribution is 2.33. The lowest BCUT2D eigenvalue weighted by Crippen LogP contribution is -2.25. The van der Waals surface area contributed by atoms with Gasteiger partial charge in [-0.2, -0.15) is 13.2 Å². The predicted molar refractivity (Wildman–Crippen MR) is 80.2 cm³/mol. The molecule has 0 radical (unpaired) electrons. The summed E-state index contributed by atoms with van der Waals surface area (Å²) in [6.07, 6.45) is -4.52. The second kappa shape index (κ2) is 5.29. The third kappa shape index (κ3) is 3.02. The maximum absolute atomic E-state index is 13.2.